The Balaban J connectivity index is 2.94. The van der Waals surface area contributed by atoms with Crippen molar-refractivity contribution in [2.45, 2.75) is 39.7 Å². The quantitative estimate of drug-likeness (QED) is 0.633. The van der Waals surface area contributed by atoms with E-state index in [-0.39, 0.29) is 0 Å². The molecule has 1 rings (SSSR count). The van der Waals surface area contributed by atoms with E-state index in [9.17, 15) is 0 Å². The van der Waals surface area contributed by atoms with Crippen molar-refractivity contribution in [2.24, 2.45) is 0 Å². The van der Waals surface area contributed by atoms with Crippen LogP contribution in [0, 0.1) is 3.57 Å². The van der Waals surface area contributed by atoms with Gasteiger partial charge < -0.3 is 10.1 Å². The lowest BCUT2D eigenvalue weighted by Gasteiger charge is -2.13. The molecule has 0 aliphatic heterocycles. The lowest BCUT2D eigenvalue weighted by Crippen LogP contribution is -2.10. The average molecular weight is 349 g/mol. The number of hydrogen-bond acceptors (Lipinski definition) is 4. The molecule has 0 saturated carbocycles. The molecule has 96 valence electrons. The van der Waals surface area contributed by atoms with Gasteiger partial charge in [-0.15, -0.1) is 0 Å². The number of aromatic nitrogens is 2. The highest BCUT2D eigenvalue weighted by Gasteiger charge is 2.13. The van der Waals surface area contributed by atoms with E-state index in [2.05, 4.69) is 58.6 Å². The molecule has 0 aromatic carbocycles. The van der Waals surface area contributed by atoms with Gasteiger partial charge in [0.2, 0.25) is 0 Å². The minimum atomic E-state index is 0.391. The molecule has 1 heterocycles. The van der Waals surface area contributed by atoms with Crippen molar-refractivity contribution in [1.82, 2.24) is 9.97 Å². The first-order valence-electron chi connectivity index (χ1n) is 5.91. The molecule has 1 aromatic rings. The molecule has 0 bridgehead atoms. The average Bonchev–Trinajstić information content (AvgIpc) is 2.30. The summed E-state index contributed by atoms with van der Waals surface area (Å²) in [6.07, 6.45) is 1.01. The second-order valence-electron chi connectivity index (χ2n) is 4.14. The Hall–Kier alpha value is -0.430. The molecular formula is C12H20IN3O. The molecule has 4 nitrogen and oxygen atoms in total. The minimum absolute atomic E-state index is 0.391. The van der Waals surface area contributed by atoms with E-state index in [1.54, 1.807) is 0 Å². The molecule has 0 aliphatic rings. The van der Waals surface area contributed by atoms with Crippen LogP contribution < -0.4 is 5.32 Å². The van der Waals surface area contributed by atoms with Crippen LogP contribution in [0.1, 0.15) is 44.6 Å². The molecule has 5 heteroatoms. The number of nitrogens with zero attached hydrogens (tertiary/aromatic N) is 2. The summed E-state index contributed by atoms with van der Waals surface area (Å²) in [5.41, 5.74) is 1.08. The topological polar surface area (TPSA) is 47.0 Å². The third-order valence-electron chi connectivity index (χ3n) is 2.29. The summed E-state index contributed by atoms with van der Waals surface area (Å²) in [7, 11) is 1.88. The second kappa shape index (κ2) is 7.10. The Labute approximate surface area is 117 Å². The van der Waals surface area contributed by atoms with Gasteiger partial charge in [-0.25, -0.2) is 9.97 Å². The molecule has 1 aromatic heterocycles. The first-order chi connectivity index (χ1) is 8.10. The zero-order valence-electron chi connectivity index (χ0n) is 10.9. The molecule has 0 atom stereocenters. The fourth-order valence-corrected chi connectivity index (χ4v) is 2.57. The normalized spacial score (nSPS) is 10.9. The highest BCUT2D eigenvalue weighted by atomic mass is 127. The minimum Gasteiger partial charge on any atom is -0.373 e. The fraction of sp³-hybridized carbons (Fsp3) is 0.667. The smallest absolute Gasteiger partial charge is 0.156 e. The summed E-state index contributed by atoms with van der Waals surface area (Å²) in [4.78, 5) is 9.02. The maximum atomic E-state index is 5.49. The highest BCUT2D eigenvalue weighted by Crippen LogP contribution is 2.24. The van der Waals surface area contributed by atoms with Crippen LogP contribution in [-0.2, 0) is 11.3 Å². The maximum absolute atomic E-state index is 5.49. The number of anilines is 1. The van der Waals surface area contributed by atoms with Crippen LogP contribution in [0.15, 0.2) is 0 Å². The lowest BCUT2D eigenvalue weighted by atomic mass is 10.1. The Morgan fingerprint density at radius 1 is 1.35 bits per heavy atom. The number of halogens is 1. The lowest BCUT2D eigenvalue weighted by molar-refractivity contribution is 0.116. The largest absolute Gasteiger partial charge is 0.373 e. The van der Waals surface area contributed by atoms with Gasteiger partial charge in [-0.3, -0.25) is 0 Å². The van der Waals surface area contributed by atoms with E-state index in [4.69, 9.17) is 4.74 Å². The standard InChI is InChI=1S/C12H20IN3O/c1-5-6-17-7-9-15-11(8(2)3)10(13)12(14-4)16-9/h8H,5-7H2,1-4H3,(H,14,15,16). The molecular weight excluding hydrogens is 329 g/mol. The van der Waals surface area contributed by atoms with Gasteiger partial charge in [0, 0.05) is 13.7 Å². The van der Waals surface area contributed by atoms with Gasteiger partial charge in [-0.2, -0.15) is 0 Å². The van der Waals surface area contributed by atoms with Crippen LogP contribution in [-0.4, -0.2) is 23.6 Å². The van der Waals surface area contributed by atoms with Gasteiger partial charge in [0.1, 0.15) is 12.4 Å². The van der Waals surface area contributed by atoms with Crippen LogP contribution in [0.4, 0.5) is 5.82 Å². The van der Waals surface area contributed by atoms with E-state index in [1.165, 1.54) is 0 Å². The van der Waals surface area contributed by atoms with Crippen molar-refractivity contribution >= 4 is 28.4 Å². The molecule has 0 spiro atoms. The van der Waals surface area contributed by atoms with Crippen LogP contribution >= 0.6 is 22.6 Å². The van der Waals surface area contributed by atoms with Gasteiger partial charge >= 0.3 is 0 Å². The third-order valence-corrected chi connectivity index (χ3v) is 3.35. The third kappa shape index (κ3) is 4.06. The molecule has 0 amide bonds. The van der Waals surface area contributed by atoms with Crippen molar-refractivity contribution in [1.29, 1.82) is 0 Å². The fourth-order valence-electron chi connectivity index (χ4n) is 1.43. The van der Waals surface area contributed by atoms with E-state index >= 15 is 0 Å². The summed E-state index contributed by atoms with van der Waals surface area (Å²) >= 11 is 2.29. The number of hydrogen-bond donors (Lipinski definition) is 1. The van der Waals surface area contributed by atoms with Gasteiger partial charge in [-0.05, 0) is 34.9 Å². The van der Waals surface area contributed by atoms with E-state index in [1.807, 2.05) is 7.05 Å². The molecule has 0 fully saturated rings. The van der Waals surface area contributed by atoms with Crippen molar-refractivity contribution in [3.8, 4) is 0 Å². The predicted molar refractivity (Wildman–Crippen MR) is 78.3 cm³/mol. The Morgan fingerprint density at radius 2 is 2.06 bits per heavy atom. The Bertz CT molecular complexity index is 369. The molecule has 0 aliphatic carbocycles. The zero-order chi connectivity index (χ0) is 12.8. The Morgan fingerprint density at radius 3 is 2.59 bits per heavy atom. The van der Waals surface area contributed by atoms with Crippen LogP contribution in [0.2, 0.25) is 0 Å². The highest BCUT2D eigenvalue weighted by molar-refractivity contribution is 14.1. The Kier molecular flexibility index (Phi) is 6.11. The van der Waals surface area contributed by atoms with E-state index in [0.717, 1.165) is 33.9 Å². The predicted octanol–water partition coefficient (Wildman–Crippen LogP) is 3.17. The van der Waals surface area contributed by atoms with Crippen molar-refractivity contribution in [3.63, 3.8) is 0 Å². The van der Waals surface area contributed by atoms with Gasteiger partial charge in [-0.1, -0.05) is 20.8 Å². The van der Waals surface area contributed by atoms with E-state index in [0.29, 0.717) is 12.5 Å². The molecule has 0 unspecified atom stereocenters. The van der Waals surface area contributed by atoms with Gasteiger partial charge in [0.05, 0.1) is 9.26 Å². The summed E-state index contributed by atoms with van der Waals surface area (Å²) < 4.78 is 6.58. The van der Waals surface area contributed by atoms with Crippen molar-refractivity contribution < 1.29 is 4.74 Å². The van der Waals surface area contributed by atoms with Gasteiger partial charge in [0.15, 0.2) is 5.82 Å². The zero-order valence-corrected chi connectivity index (χ0v) is 13.0. The summed E-state index contributed by atoms with van der Waals surface area (Å²) in [6, 6.07) is 0. The first-order valence-corrected chi connectivity index (χ1v) is 6.99. The van der Waals surface area contributed by atoms with Crippen molar-refractivity contribution in [3.05, 3.63) is 15.1 Å². The van der Waals surface area contributed by atoms with Crippen LogP contribution in [0.3, 0.4) is 0 Å². The number of ether oxygens (including phenoxy) is 1. The molecule has 0 saturated heterocycles. The number of nitrogens with one attached hydrogen (secondary N) is 1. The first kappa shape index (κ1) is 14.6. The SMILES string of the molecule is CCCOCc1nc(NC)c(I)c(C(C)C)n1. The van der Waals surface area contributed by atoms with E-state index < -0.39 is 0 Å². The van der Waals surface area contributed by atoms with Crippen LogP contribution in [0.5, 0.6) is 0 Å². The summed E-state index contributed by atoms with van der Waals surface area (Å²) in [5.74, 6) is 2.04. The monoisotopic (exact) mass is 349 g/mol. The maximum Gasteiger partial charge on any atom is 0.156 e. The van der Waals surface area contributed by atoms with Gasteiger partial charge in [0.25, 0.3) is 0 Å². The second-order valence-corrected chi connectivity index (χ2v) is 5.22. The van der Waals surface area contributed by atoms with Crippen LogP contribution in [0.25, 0.3) is 0 Å². The molecule has 0 radical (unpaired) electrons. The van der Waals surface area contributed by atoms with Crippen molar-refractivity contribution in [2.75, 3.05) is 19.0 Å². The summed E-state index contributed by atoms with van der Waals surface area (Å²) in [6.45, 7) is 7.61. The number of rotatable bonds is 6. The molecule has 17 heavy (non-hydrogen) atoms. The summed E-state index contributed by atoms with van der Waals surface area (Å²) in [5, 5.41) is 3.11. The molecule has 1 N–H and O–H groups in total.